The van der Waals surface area contributed by atoms with Gasteiger partial charge in [-0.3, -0.25) is 10.0 Å². The van der Waals surface area contributed by atoms with Gasteiger partial charge in [0.05, 0.1) is 22.6 Å². The van der Waals surface area contributed by atoms with Crippen molar-refractivity contribution in [3.63, 3.8) is 0 Å². The second kappa shape index (κ2) is 8.30. The summed E-state index contributed by atoms with van der Waals surface area (Å²) in [6.07, 6.45) is 0. The maximum absolute atomic E-state index is 2.54. The number of rotatable bonds is 2. The molecule has 41 heavy (non-hydrogen) atoms. The third-order valence-corrected chi connectivity index (χ3v) is 9.24. The van der Waals surface area contributed by atoms with Crippen LogP contribution in [0.5, 0.6) is 0 Å². The molecule has 0 saturated heterocycles. The molecule has 3 aliphatic heterocycles. The molecule has 5 aromatic rings. The Kier molecular flexibility index (Phi) is 4.93. The lowest BCUT2D eigenvalue weighted by atomic mass is 9.33. The lowest BCUT2D eigenvalue weighted by Gasteiger charge is -2.47. The highest BCUT2D eigenvalue weighted by Crippen LogP contribution is 2.52. The van der Waals surface area contributed by atoms with E-state index in [-0.39, 0.29) is 17.7 Å². The van der Waals surface area contributed by atoms with Gasteiger partial charge in [0.25, 0.3) is 6.71 Å². The van der Waals surface area contributed by atoms with Gasteiger partial charge < -0.3 is 4.90 Å². The Morgan fingerprint density at radius 1 is 0.610 bits per heavy atom. The van der Waals surface area contributed by atoms with E-state index < -0.39 is 0 Å². The van der Waals surface area contributed by atoms with Crippen LogP contribution < -0.4 is 31.3 Å². The number of hydrazine groups is 1. The van der Waals surface area contributed by atoms with Gasteiger partial charge in [0, 0.05) is 22.6 Å². The Labute approximate surface area is 243 Å². The summed E-state index contributed by atoms with van der Waals surface area (Å²) in [5.74, 6) is 0. The zero-order chi connectivity index (χ0) is 28.1. The Hall–Kier alpha value is -4.44. The van der Waals surface area contributed by atoms with Crippen molar-refractivity contribution in [1.82, 2.24) is 0 Å². The molecule has 0 aliphatic carbocycles. The molecule has 5 aromatic carbocycles. The summed E-state index contributed by atoms with van der Waals surface area (Å²) in [4.78, 5) is 2.49. The van der Waals surface area contributed by atoms with Crippen LogP contribution in [0.1, 0.15) is 45.7 Å². The molecule has 8 rings (SSSR count). The minimum atomic E-state index is -0.233. The third kappa shape index (κ3) is 3.28. The summed E-state index contributed by atoms with van der Waals surface area (Å²) in [5, 5.41) is 5.06. The molecular formula is C37H34BN3. The number of nitrogens with zero attached hydrogens (tertiary/aromatic N) is 3. The molecule has 0 saturated carbocycles. The molecule has 3 aliphatic rings. The van der Waals surface area contributed by atoms with E-state index in [1.54, 1.807) is 0 Å². The monoisotopic (exact) mass is 531 g/mol. The van der Waals surface area contributed by atoms with Gasteiger partial charge in [-0.1, -0.05) is 93.6 Å². The summed E-state index contributed by atoms with van der Waals surface area (Å²) >= 11 is 0. The van der Waals surface area contributed by atoms with Crippen LogP contribution in [0.2, 0.25) is 0 Å². The largest absolute Gasteiger partial charge is 0.311 e. The molecule has 0 atom stereocenters. The van der Waals surface area contributed by atoms with Crippen LogP contribution in [-0.2, 0) is 11.0 Å². The number of fused-ring (bicyclic) bond motifs is 4. The lowest BCUT2D eigenvalue weighted by Crippen LogP contribution is -2.63. The van der Waals surface area contributed by atoms with E-state index in [1.165, 1.54) is 61.6 Å². The van der Waals surface area contributed by atoms with Crippen LogP contribution in [0.3, 0.4) is 0 Å². The van der Waals surface area contributed by atoms with Crippen molar-refractivity contribution in [2.24, 2.45) is 0 Å². The Morgan fingerprint density at radius 2 is 1.22 bits per heavy atom. The molecule has 0 radical (unpaired) electrons. The molecule has 0 fully saturated rings. The molecule has 0 bridgehead atoms. The second-order valence-electron chi connectivity index (χ2n) is 13.1. The van der Waals surface area contributed by atoms with Gasteiger partial charge in [0.2, 0.25) is 0 Å². The van der Waals surface area contributed by atoms with Gasteiger partial charge in [-0.25, -0.2) is 0 Å². The van der Waals surface area contributed by atoms with Crippen molar-refractivity contribution >= 4 is 57.2 Å². The number of para-hydroxylation sites is 4. The highest BCUT2D eigenvalue weighted by Gasteiger charge is 2.52. The van der Waals surface area contributed by atoms with Crippen molar-refractivity contribution in [2.45, 2.75) is 45.6 Å². The zero-order valence-electron chi connectivity index (χ0n) is 24.4. The molecule has 3 nitrogen and oxygen atoms in total. The van der Waals surface area contributed by atoms with E-state index in [1.807, 2.05) is 0 Å². The van der Waals surface area contributed by atoms with Crippen molar-refractivity contribution in [2.75, 3.05) is 14.9 Å². The fourth-order valence-corrected chi connectivity index (χ4v) is 7.33. The van der Waals surface area contributed by atoms with Gasteiger partial charge in [0.1, 0.15) is 0 Å². The third-order valence-electron chi connectivity index (χ3n) is 9.24. The van der Waals surface area contributed by atoms with Crippen molar-refractivity contribution in [1.29, 1.82) is 0 Å². The second-order valence-corrected chi connectivity index (χ2v) is 13.1. The van der Waals surface area contributed by atoms with Crippen LogP contribution in [0, 0.1) is 0 Å². The molecule has 0 spiro atoms. The standard InChI is InChI=1S/C37H34BN3/c1-36(2,3)25-23-32-34-33(24-25)40-35-28(37(4,5)41(40)27-17-10-7-11-18-27)19-14-21-30(35)38(34)29-20-12-13-22-31(29)39(32)26-15-8-6-9-16-26/h6-24H,1-5H3. The first-order valence-corrected chi connectivity index (χ1v) is 14.7. The summed E-state index contributed by atoms with van der Waals surface area (Å²) in [6, 6.07) is 42.6. The number of hydrogen-bond acceptors (Lipinski definition) is 3. The summed E-state index contributed by atoms with van der Waals surface area (Å²) in [5.41, 5.74) is 14.1. The molecular weight excluding hydrogens is 497 g/mol. The molecule has 3 heterocycles. The fourth-order valence-electron chi connectivity index (χ4n) is 7.33. The molecule has 0 N–H and O–H groups in total. The van der Waals surface area contributed by atoms with E-state index in [4.69, 9.17) is 0 Å². The highest BCUT2D eigenvalue weighted by atomic mass is 15.7. The van der Waals surface area contributed by atoms with Crippen LogP contribution in [0.15, 0.2) is 115 Å². The lowest BCUT2D eigenvalue weighted by molar-refractivity contribution is 0.519. The Morgan fingerprint density at radius 3 is 1.93 bits per heavy atom. The number of anilines is 6. The van der Waals surface area contributed by atoms with E-state index in [9.17, 15) is 0 Å². The van der Waals surface area contributed by atoms with E-state index >= 15 is 0 Å². The van der Waals surface area contributed by atoms with Crippen LogP contribution >= 0.6 is 0 Å². The van der Waals surface area contributed by atoms with Crippen LogP contribution in [0.25, 0.3) is 0 Å². The van der Waals surface area contributed by atoms with Crippen molar-refractivity contribution < 1.29 is 0 Å². The zero-order valence-corrected chi connectivity index (χ0v) is 24.4. The quantitative estimate of drug-likeness (QED) is 0.216. The van der Waals surface area contributed by atoms with Crippen LogP contribution in [-0.4, -0.2) is 6.71 Å². The predicted octanol–water partition coefficient (Wildman–Crippen LogP) is 7.41. The highest BCUT2D eigenvalue weighted by molar-refractivity contribution is 7.00. The molecule has 0 amide bonds. The van der Waals surface area contributed by atoms with Crippen molar-refractivity contribution in [3.05, 3.63) is 126 Å². The van der Waals surface area contributed by atoms with Gasteiger partial charge >= 0.3 is 0 Å². The summed E-state index contributed by atoms with van der Waals surface area (Å²) in [6.45, 7) is 11.9. The average Bonchev–Trinajstić information content (AvgIpc) is 3.22. The van der Waals surface area contributed by atoms with Gasteiger partial charge in [-0.05, 0) is 83.7 Å². The first kappa shape index (κ1) is 24.4. The molecule has 200 valence electrons. The van der Waals surface area contributed by atoms with Crippen LogP contribution in [0.4, 0.5) is 34.1 Å². The van der Waals surface area contributed by atoms with Gasteiger partial charge in [0.15, 0.2) is 0 Å². The summed E-state index contributed by atoms with van der Waals surface area (Å²) < 4.78 is 0. The minimum absolute atomic E-state index is 0.0209. The first-order chi connectivity index (χ1) is 19.8. The minimum Gasteiger partial charge on any atom is -0.311 e. The van der Waals surface area contributed by atoms with Crippen molar-refractivity contribution in [3.8, 4) is 0 Å². The normalized spacial score (nSPS) is 15.9. The van der Waals surface area contributed by atoms with Gasteiger partial charge in [-0.2, -0.15) is 0 Å². The Balaban J connectivity index is 1.52. The number of hydrogen-bond donors (Lipinski definition) is 0. The smallest absolute Gasteiger partial charge is 0.252 e. The SMILES string of the molecule is CC(C)(C)c1cc2c3c(c1)N1c4c(cccc4C(C)(C)N1c1ccccc1)B3c1ccccc1N2c1ccccc1. The topological polar surface area (TPSA) is 9.72 Å². The van der Waals surface area contributed by atoms with E-state index in [0.29, 0.717) is 0 Å². The molecule has 4 heteroatoms. The molecule has 0 aromatic heterocycles. The van der Waals surface area contributed by atoms with E-state index in [2.05, 4.69) is 165 Å². The first-order valence-electron chi connectivity index (χ1n) is 14.7. The maximum Gasteiger partial charge on any atom is 0.252 e. The fraction of sp³-hybridized carbons (Fsp3) is 0.189. The number of benzene rings is 5. The average molecular weight is 532 g/mol. The van der Waals surface area contributed by atoms with E-state index in [0.717, 1.165) is 0 Å². The maximum atomic E-state index is 2.54. The predicted molar refractivity (Wildman–Crippen MR) is 175 cm³/mol. The summed E-state index contributed by atoms with van der Waals surface area (Å²) in [7, 11) is 0. The Bertz CT molecular complexity index is 1820. The molecule has 0 unspecified atom stereocenters. The van der Waals surface area contributed by atoms with Gasteiger partial charge in [-0.15, -0.1) is 0 Å².